The van der Waals surface area contributed by atoms with Crippen LogP contribution in [-0.2, 0) is 13.1 Å². The predicted molar refractivity (Wildman–Crippen MR) is 106 cm³/mol. The van der Waals surface area contributed by atoms with Gasteiger partial charge in [-0.2, -0.15) is 0 Å². The van der Waals surface area contributed by atoms with Gasteiger partial charge in [-0.05, 0) is 28.1 Å². The Balaban J connectivity index is 1.53. The van der Waals surface area contributed by atoms with Crippen molar-refractivity contribution >= 4 is 32.5 Å². The standard InChI is InChI=1S/C20H16BrN5/c21-16-8-4-7-15-17(9-10-22-19(15)16)25-11-12-26-18(13-25)23-24-20(26)14-5-2-1-3-6-14/h1-10H,11-13H2. The number of hydrogen-bond donors (Lipinski definition) is 0. The Morgan fingerprint density at radius 2 is 1.77 bits per heavy atom. The van der Waals surface area contributed by atoms with Gasteiger partial charge < -0.3 is 9.47 Å². The van der Waals surface area contributed by atoms with Gasteiger partial charge in [-0.3, -0.25) is 4.98 Å². The van der Waals surface area contributed by atoms with Crippen LogP contribution >= 0.6 is 15.9 Å². The second-order valence-electron chi connectivity index (χ2n) is 6.35. The minimum atomic E-state index is 0.742. The molecule has 1 aliphatic rings. The summed E-state index contributed by atoms with van der Waals surface area (Å²) in [7, 11) is 0. The van der Waals surface area contributed by atoms with Crippen molar-refractivity contribution in [1.29, 1.82) is 0 Å². The summed E-state index contributed by atoms with van der Waals surface area (Å²) in [5, 5.41) is 10.0. The van der Waals surface area contributed by atoms with E-state index in [2.05, 4.69) is 70.9 Å². The number of fused-ring (bicyclic) bond motifs is 2. The summed E-state index contributed by atoms with van der Waals surface area (Å²) in [6.07, 6.45) is 1.87. The van der Waals surface area contributed by atoms with Crippen molar-refractivity contribution in [2.75, 3.05) is 11.4 Å². The molecule has 5 nitrogen and oxygen atoms in total. The number of halogens is 1. The highest BCUT2D eigenvalue weighted by Gasteiger charge is 2.23. The van der Waals surface area contributed by atoms with Crippen molar-refractivity contribution < 1.29 is 0 Å². The van der Waals surface area contributed by atoms with Gasteiger partial charge in [0.15, 0.2) is 11.6 Å². The Kier molecular flexibility index (Phi) is 3.71. The van der Waals surface area contributed by atoms with Crippen LogP contribution in [0.3, 0.4) is 0 Å². The lowest BCUT2D eigenvalue weighted by atomic mass is 10.1. The van der Waals surface area contributed by atoms with Gasteiger partial charge in [0.25, 0.3) is 0 Å². The van der Waals surface area contributed by atoms with Crippen LogP contribution in [-0.4, -0.2) is 26.3 Å². The van der Waals surface area contributed by atoms with E-state index >= 15 is 0 Å². The SMILES string of the molecule is Brc1cccc2c(N3CCn4c(nnc4-c4ccccc4)C3)ccnc12. The molecule has 3 heterocycles. The molecule has 0 fully saturated rings. The zero-order valence-corrected chi connectivity index (χ0v) is 15.6. The van der Waals surface area contributed by atoms with Gasteiger partial charge in [-0.15, -0.1) is 10.2 Å². The van der Waals surface area contributed by atoms with E-state index in [4.69, 9.17) is 0 Å². The summed E-state index contributed by atoms with van der Waals surface area (Å²) in [6.45, 7) is 2.52. The van der Waals surface area contributed by atoms with Crippen LogP contribution in [0.2, 0.25) is 0 Å². The largest absolute Gasteiger partial charge is 0.362 e. The molecule has 0 atom stereocenters. The molecular weight excluding hydrogens is 390 g/mol. The second kappa shape index (κ2) is 6.21. The summed E-state index contributed by atoms with van der Waals surface area (Å²) >= 11 is 3.60. The molecule has 26 heavy (non-hydrogen) atoms. The summed E-state index contributed by atoms with van der Waals surface area (Å²) in [4.78, 5) is 6.87. The van der Waals surface area contributed by atoms with E-state index in [1.54, 1.807) is 0 Å². The third-order valence-electron chi connectivity index (χ3n) is 4.82. The third kappa shape index (κ3) is 2.49. The van der Waals surface area contributed by atoms with E-state index in [1.165, 1.54) is 5.69 Å². The number of hydrogen-bond acceptors (Lipinski definition) is 4. The number of benzene rings is 2. The maximum absolute atomic E-state index is 4.52. The quantitative estimate of drug-likeness (QED) is 0.499. The molecular formula is C20H16BrN5. The summed E-state index contributed by atoms with van der Waals surface area (Å²) in [5.74, 6) is 1.94. The van der Waals surface area contributed by atoms with E-state index in [1.807, 2.05) is 30.5 Å². The number of para-hydroxylation sites is 1. The molecule has 2 aromatic heterocycles. The van der Waals surface area contributed by atoms with Crippen molar-refractivity contribution in [2.45, 2.75) is 13.1 Å². The average molecular weight is 406 g/mol. The molecule has 5 rings (SSSR count). The normalized spacial score (nSPS) is 13.8. The van der Waals surface area contributed by atoms with Crippen LogP contribution in [0.25, 0.3) is 22.3 Å². The highest BCUT2D eigenvalue weighted by molar-refractivity contribution is 9.10. The number of rotatable bonds is 2. The summed E-state index contributed by atoms with van der Waals surface area (Å²) in [5.41, 5.74) is 3.28. The molecule has 6 heteroatoms. The maximum atomic E-state index is 4.52. The minimum absolute atomic E-state index is 0.742. The molecule has 0 spiro atoms. The van der Waals surface area contributed by atoms with E-state index in [0.717, 1.165) is 52.2 Å². The molecule has 0 bridgehead atoms. The topological polar surface area (TPSA) is 46.8 Å². The molecule has 0 saturated carbocycles. The van der Waals surface area contributed by atoms with Crippen LogP contribution < -0.4 is 4.90 Å². The first-order valence-electron chi connectivity index (χ1n) is 8.57. The molecule has 0 saturated heterocycles. The number of pyridine rings is 1. The highest BCUT2D eigenvalue weighted by atomic mass is 79.9. The molecule has 1 aliphatic heterocycles. The van der Waals surface area contributed by atoms with Gasteiger partial charge >= 0.3 is 0 Å². The highest BCUT2D eigenvalue weighted by Crippen LogP contribution is 2.32. The third-order valence-corrected chi connectivity index (χ3v) is 5.46. The van der Waals surface area contributed by atoms with Gasteiger partial charge in [0.2, 0.25) is 0 Å². The fourth-order valence-corrected chi connectivity index (χ4v) is 4.03. The first-order chi connectivity index (χ1) is 12.8. The van der Waals surface area contributed by atoms with Crippen molar-refractivity contribution in [3.05, 3.63) is 71.1 Å². The van der Waals surface area contributed by atoms with Crippen LogP contribution in [0.1, 0.15) is 5.82 Å². The van der Waals surface area contributed by atoms with E-state index in [-0.39, 0.29) is 0 Å². The Hall–Kier alpha value is -2.73. The van der Waals surface area contributed by atoms with E-state index in [9.17, 15) is 0 Å². The van der Waals surface area contributed by atoms with Crippen LogP contribution in [0.5, 0.6) is 0 Å². The molecule has 4 aromatic rings. The lowest BCUT2D eigenvalue weighted by molar-refractivity contribution is 0.565. The minimum Gasteiger partial charge on any atom is -0.362 e. The first kappa shape index (κ1) is 15.5. The monoisotopic (exact) mass is 405 g/mol. The van der Waals surface area contributed by atoms with Crippen LogP contribution in [0, 0.1) is 0 Å². The second-order valence-corrected chi connectivity index (χ2v) is 7.20. The number of anilines is 1. The lowest BCUT2D eigenvalue weighted by Gasteiger charge is -2.30. The fourth-order valence-electron chi connectivity index (χ4n) is 3.57. The Morgan fingerprint density at radius 3 is 2.65 bits per heavy atom. The van der Waals surface area contributed by atoms with Crippen molar-refractivity contribution in [1.82, 2.24) is 19.7 Å². The molecule has 0 amide bonds. The Labute approximate surface area is 159 Å². The first-order valence-corrected chi connectivity index (χ1v) is 9.36. The van der Waals surface area contributed by atoms with Crippen molar-refractivity contribution in [2.24, 2.45) is 0 Å². The molecule has 0 N–H and O–H groups in total. The fraction of sp³-hybridized carbons (Fsp3) is 0.150. The lowest BCUT2D eigenvalue weighted by Crippen LogP contribution is -2.34. The van der Waals surface area contributed by atoms with Gasteiger partial charge in [-0.25, -0.2) is 0 Å². The van der Waals surface area contributed by atoms with Gasteiger partial charge in [0.1, 0.15) is 0 Å². The Morgan fingerprint density at radius 1 is 0.885 bits per heavy atom. The zero-order valence-electron chi connectivity index (χ0n) is 14.0. The molecule has 0 unspecified atom stereocenters. The smallest absolute Gasteiger partial charge is 0.164 e. The number of nitrogens with zero attached hydrogens (tertiary/aromatic N) is 5. The van der Waals surface area contributed by atoms with Crippen LogP contribution in [0.15, 0.2) is 65.3 Å². The van der Waals surface area contributed by atoms with Gasteiger partial charge in [0, 0.05) is 40.4 Å². The summed E-state index contributed by atoms with van der Waals surface area (Å²) < 4.78 is 3.24. The molecule has 0 radical (unpaired) electrons. The molecule has 128 valence electrons. The average Bonchev–Trinajstić information content (AvgIpc) is 3.12. The van der Waals surface area contributed by atoms with Crippen molar-refractivity contribution in [3.63, 3.8) is 0 Å². The molecule has 2 aromatic carbocycles. The van der Waals surface area contributed by atoms with Gasteiger partial charge in [-0.1, -0.05) is 42.5 Å². The number of aromatic nitrogens is 4. The predicted octanol–water partition coefficient (Wildman–Crippen LogP) is 4.28. The Bertz CT molecular complexity index is 1090. The van der Waals surface area contributed by atoms with E-state index in [0.29, 0.717) is 0 Å². The van der Waals surface area contributed by atoms with Crippen LogP contribution in [0.4, 0.5) is 5.69 Å². The molecule has 0 aliphatic carbocycles. The zero-order chi connectivity index (χ0) is 17.5. The van der Waals surface area contributed by atoms with Gasteiger partial charge in [0.05, 0.1) is 12.1 Å². The van der Waals surface area contributed by atoms with Crippen molar-refractivity contribution in [3.8, 4) is 11.4 Å². The summed E-state index contributed by atoms with van der Waals surface area (Å²) in [6, 6.07) is 18.5. The maximum Gasteiger partial charge on any atom is 0.164 e. The van der Waals surface area contributed by atoms with E-state index < -0.39 is 0 Å².